The van der Waals surface area contributed by atoms with Crippen LogP contribution in [0.3, 0.4) is 0 Å². The molecule has 1 amide bonds. The standard InChI is InChI=1S/C21H27NO3/c1-2-20(23)22(15-21-9-3-4-19(21)8-11-25-21)13-16-5-6-17-7-10-24-14-18(17)12-16/h2,5-6,12,19H,1,3-4,7-11,13-15H2/t19-,21+/m0/s1. The number of hydrogen-bond acceptors (Lipinski definition) is 3. The van der Waals surface area contributed by atoms with E-state index in [0.717, 1.165) is 38.0 Å². The van der Waals surface area contributed by atoms with E-state index < -0.39 is 0 Å². The van der Waals surface area contributed by atoms with Crippen molar-refractivity contribution in [3.05, 3.63) is 47.5 Å². The van der Waals surface area contributed by atoms with Crippen LogP contribution < -0.4 is 0 Å². The summed E-state index contributed by atoms with van der Waals surface area (Å²) in [6, 6.07) is 6.52. The Hall–Kier alpha value is -1.65. The van der Waals surface area contributed by atoms with E-state index in [1.54, 1.807) is 0 Å². The molecule has 1 saturated carbocycles. The molecular weight excluding hydrogens is 314 g/mol. The molecule has 3 aliphatic rings. The number of fused-ring (bicyclic) bond motifs is 2. The number of carbonyl (C=O) groups excluding carboxylic acids is 1. The van der Waals surface area contributed by atoms with Gasteiger partial charge in [-0.05, 0) is 54.4 Å². The van der Waals surface area contributed by atoms with Crippen LogP contribution in [0.5, 0.6) is 0 Å². The zero-order valence-electron chi connectivity index (χ0n) is 14.8. The average molecular weight is 341 g/mol. The first kappa shape index (κ1) is 16.8. The number of amides is 1. The monoisotopic (exact) mass is 341 g/mol. The molecule has 0 unspecified atom stereocenters. The molecule has 4 rings (SSSR count). The van der Waals surface area contributed by atoms with Crippen molar-refractivity contribution < 1.29 is 14.3 Å². The number of benzene rings is 1. The third-order valence-electron chi connectivity index (χ3n) is 6.11. The maximum Gasteiger partial charge on any atom is 0.246 e. The first-order valence-corrected chi connectivity index (χ1v) is 9.44. The molecule has 0 N–H and O–H groups in total. The molecule has 1 aliphatic carbocycles. The van der Waals surface area contributed by atoms with Gasteiger partial charge in [-0.15, -0.1) is 0 Å². The van der Waals surface area contributed by atoms with Crippen LogP contribution in [0.25, 0.3) is 0 Å². The van der Waals surface area contributed by atoms with Crippen LogP contribution >= 0.6 is 0 Å². The molecule has 1 aromatic carbocycles. The summed E-state index contributed by atoms with van der Waals surface area (Å²) in [4.78, 5) is 14.4. The van der Waals surface area contributed by atoms with Crippen LogP contribution in [0.1, 0.15) is 42.4 Å². The Kier molecular flexibility index (Phi) is 4.65. The van der Waals surface area contributed by atoms with Crippen molar-refractivity contribution in [1.29, 1.82) is 0 Å². The highest BCUT2D eigenvalue weighted by Crippen LogP contribution is 2.45. The zero-order chi connectivity index (χ0) is 17.3. The van der Waals surface area contributed by atoms with E-state index in [0.29, 0.717) is 25.6 Å². The minimum Gasteiger partial charge on any atom is -0.376 e. The van der Waals surface area contributed by atoms with Crippen molar-refractivity contribution in [3.63, 3.8) is 0 Å². The second kappa shape index (κ2) is 6.93. The summed E-state index contributed by atoms with van der Waals surface area (Å²) in [6.45, 7) is 7.29. The van der Waals surface area contributed by atoms with Gasteiger partial charge in [-0.2, -0.15) is 0 Å². The van der Waals surface area contributed by atoms with Gasteiger partial charge < -0.3 is 14.4 Å². The van der Waals surface area contributed by atoms with Gasteiger partial charge in [-0.3, -0.25) is 4.79 Å². The maximum atomic E-state index is 12.5. The summed E-state index contributed by atoms with van der Waals surface area (Å²) in [5.74, 6) is 0.592. The molecule has 0 aromatic heterocycles. The maximum absolute atomic E-state index is 12.5. The molecule has 4 heteroatoms. The van der Waals surface area contributed by atoms with Gasteiger partial charge in [-0.1, -0.05) is 31.2 Å². The lowest BCUT2D eigenvalue weighted by Gasteiger charge is -2.35. The Bertz CT molecular complexity index is 659. The summed E-state index contributed by atoms with van der Waals surface area (Å²) < 4.78 is 11.7. The summed E-state index contributed by atoms with van der Waals surface area (Å²) in [6.07, 6.45) is 7.03. The molecule has 134 valence electrons. The molecule has 2 fully saturated rings. The summed E-state index contributed by atoms with van der Waals surface area (Å²) in [5, 5.41) is 0. The SMILES string of the molecule is C=CC(=O)N(Cc1ccc2c(c1)COCC2)C[C@]12CCC[C@H]1CCO2. The number of rotatable bonds is 5. The average Bonchev–Trinajstić information content (AvgIpc) is 3.20. The van der Waals surface area contributed by atoms with E-state index in [1.165, 1.54) is 30.0 Å². The number of carbonyl (C=O) groups is 1. The minimum absolute atomic E-state index is 0.00973. The van der Waals surface area contributed by atoms with Crippen LogP contribution in [-0.2, 0) is 33.8 Å². The largest absolute Gasteiger partial charge is 0.376 e. The molecule has 2 aliphatic heterocycles. The molecule has 2 atom stereocenters. The second-order valence-electron chi connectivity index (χ2n) is 7.60. The lowest BCUT2D eigenvalue weighted by Crippen LogP contribution is -2.46. The van der Waals surface area contributed by atoms with Crippen molar-refractivity contribution >= 4 is 5.91 Å². The predicted molar refractivity (Wildman–Crippen MR) is 96.1 cm³/mol. The number of nitrogens with zero attached hydrogens (tertiary/aromatic N) is 1. The van der Waals surface area contributed by atoms with Crippen LogP contribution in [-0.4, -0.2) is 36.2 Å². The van der Waals surface area contributed by atoms with Crippen LogP contribution in [0.4, 0.5) is 0 Å². The van der Waals surface area contributed by atoms with Gasteiger partial charge in [0.25, 0.3) is 0 Å². The molecule has 0 bridgehead atoms. The van der Waals surface area contributed by atoms with E-state index in [2.05, 4.69) is 24.8 Å². The van der Waals surface area contributed by atoms with E-state index in [9.17, 15) is 4.79 Å². The molecule has 1 aromatic rings. The van der Waals surface area contributed by atoms with Crippen molar-refractivity contribution in [2.24, 2.45) is 5.92 Å². The molecule has 4 nitrogen and oxygen atoms in total. The highest BCUT2D eigenvalue weighted by Gasteiger charge is 2.48. The van der Waals surface area contributed by atoms with Gasteiger partial charge in [0.15, 0.2) is 0 Å². The van der Waals surface area contributed by atoms with Crippen molar-refractivity contribution in [1.82, 2.24) is 4.90 Å². The third-order valence-corrected chi connectivity index (χ3v) is 6.11. The lowest BCUT2D eigenvalue weighted by atomic mass is 9.90. The van der Waals surface area contributed by atoms with Gasteiger partial charge in [0.2, 0.25) is 5.91 Å². The fourth-order valence-corrected chi connectivity index (χ4v) is 4.77. The van der Waals surface area contributed by atoms with E-state index in [1.807, 2.05) is 4.90 Å². The van der Waals surface area contributed by atoms with Crippen LogP contribution in [0, 0.1) is 5.92 Å². The van der Waals surface area contributed by atoms with Gasteiger partial charge >= 0.3 is 0 Å². The highest BCUT2D eigenvalue weighted by atomic mass is 16.5. The van der Waals surface area contributed by atoms with Crippen LogP contribution in [0.15, 0.2) is 30.9 Å². The Balaban J connectivity index is 1.53. The van der Waals surface area contributed by atoms with Crippen molar-refractivity contribution in [2.75, 3.05) is 19.8 Å². The van der Waals surface area contributed by atoms with Crippen molar-refractivity contribution in [3.8, 4) is 0 Å². The van der Waals surface area contributed by atoms with Gasteiger partial charge in [0, 0.05) is 13.2 Å². The Morgan fingerprint density at radius 3 is 3.12 bits per heavy atom. The highest BCUT2D eigenvalue weighted by molar-refractivity contribution is 5.87. The van der Waals surface area contributed by atoms with Crippen molar-refractivity contribution in [2.45, 2.75) is 50.9 Å². The minimum atomic E-state index is -0.129. The number of ether oxygens (including phenoxy) is 2. The Morgan fingerprint density at radius 2 is 2.24 bits per heavy atom. The van der Waals surface area contributed by atoms with Crippen LogP contribution in [0.2, 0.25) is 0 Å². The van der Waals surface area contributed by atoms with E-state index in [4.69, 9.17) is 9.47 Å². The summed E-state index contributed by atoms with van der Waals surface area (Å²) >= 11 is 0. The topological polar surface area (TPSA) is 38.8 Å². The molecule has 0 radical (unpaired) electrons. The van der Waals surface area contributed by atoms with Gasteiger partial charge in [-0.25, -0.2) is 0 Å². The number of hydrogen-bond donors (Lipinski definition) is 0. The quantitative estimate of drug-likeness (QED) is 0.772. The normalized spacial score (nSPS) is 27.6. The molecule has 25 heavy (non-hydrogen) atoms. The third kappa shape index (κ3) is 3.25. The smallest absolute Gasteiger partial charge is 0.246 e. The molecule has 1 saturated heterocycles. The van der Waals surface area contributed by atoms with E-state index >= 15 is 0 Å². The first-order valence-electron chi connectivity index (χ1n) is 9.44. The van der Waals surface area contributed by atoms with Gasteiger partial charge in [0.05, 0.1) is 25.4 Å². The fraction of sp³-hybridized carbons (Fsp3) is 0.571. The second-order valence-corrected chi connectivity index (χ2v) is 7.60. The lowest BCUT2D eigenvalue weighted by molar-refractivity contribution is -0.131. The predicted octanol–water partition coefficient (Wildman–Crippen LogP) is 3.23. The Labute approximate surface area is 149 Å². The summed E-state index contributed by atoms with van der Waals surface area (Å²) in [7, 11) is 0. The van der Waals surface area contributed by atoms with Gasteiger partial charge in [0.1, 0.15) is 0 Å². The fourth-order valence-electron chi connectivity index (χ4n) is 4.77. The molecule has 0 spiro atoms. The first-order chi connectivity index (χ1) is 12.2. The summed E-state index contributed by atoms with van der Waals surface area (Å²) in [5.41, 5.74) is 3.65. The van der Waals surface area contributed by atoms with E-state index in [-0.39, 0.29) is 11.5 Å². The molecular formula is C21H27NO3. The zero-order valence-corrected chi connectivity index (χ0v) is 14.8. The Morgan fingerprint density at radius 1 is 1.32 bits per heavy atom. The molecule has 2 heterocycles.